The molecule has 0 aromatic heterocycles. The number of amides is 2. The molecule has 1 unspecified atom stereocenters. The van der Waals surface area contributed by atoms with Crippen molar-refractivity contribution in [3.63, 3.8) is 0 Å². The Labute approximate surface area is 173 Å². The van der Waals surface area contributed by atoms with Crippen LogP contribution < -0.4 is 15.5 Å². The van der Waals surface area contributed by atoms with Gasteiger partial charge in [0.25, 0.3) is 5.91 Å². The van der Waals surface area contributed by atoms with Crippen molar-refractivity contribution in [3.8, 4) is 0 Å². The van der Waals surface area contributed by atoms with E-state index in [0.29, 0.717) is 12.1 Å². The first-order valence-corrected chi connectivity index (χ1v) is 10.5. The number of hydrogen-bond donors (Lipinski definition) is 2. The van der Waals surface area contributed by atoms with Gasteiger partial charge in [0.2, 0.25) is 5.91 Å². The molecule has 29 heavy (non-hydrogen) atoms. The predicted molar refractivity (Wildman–Crippen MR) is 117 cm³/mol. The molecule has 5 nitrogen and oxygen atoms in total. The lowest BCUT2D eigenvalue weighted by molar-refractivity contribution is -0.125. The van der Waals surface area contributed by atoms with Crippen LogP contribution in [0.5, 0.6) is 0 Å². The van der Waals surface area contributed by atoms with Crippen molar-refractivity contribution in [2.24, 2.45) is 5.92 Å². The third-order valence-electron chi connectivity index (χ3n) is 5.69. The van der Waals surface area contributed by atoms with E-state index in [2.05, 4.69) is 15.5 Å². The van der Waals surface area contributed by atoms with Crippen LogP contribution >= 0.6 is 0 Å². The van der Waals surface area contributed by atoms with Gasteiger partial charge >= 0.3 is 0 Å². The van der Waals surface area contributed by atoms with Crippen LogP contribution in [-0.2, 0) is 11.3 Å². The molecule has 1 heterocycles. The van der Waals surface area contributed by atoms with E-state index >= 15 is 0 Å². The first-order valence-electron chi connectivity index (χ1n) is 10.5. The minimum absolute atomic E-state index is 0.0575. The fourth-order valence-electron chi connectivity index (χ4n) is 3.61. The maximum absolute atomic E-state index is 12.8. The zero-order chi connectivity index (χ0) is 20.6. The molecule has 0 bridgehead atoms. The molecular formula is C24H31N3O2. The van der Waals surface area contributed by atoms with Gasteiger partial charge in [0.05, 0.1) is 5.56 Å². The Morgan fingerprint density at radius 3 is 2.38 bits per heavy atom. The molecule has 5 heteroatoms. The molecule has 2 aromatic rings. The van der Waals surface area contributed by atoms with E-state index in [4.69, 9.17) is 0 Å². The predicted octanol–water partition coefficient (Wildman–Crippen LogP) is 3.75. The van der Waals surface area contributed by atoms with E-state index in [9.17, 15) is 9.59 Å². The Hall–Kier alpha value is -2.82. The molecule has 0 radical (unpaired) electrons. The van der Waals surface area contributed by atoms with Crippen molar-refractivity contribution in [1.82, 2.24) is 10.6 Å². The molecule has 154 valence electrons. The molecule has 2 aromatic carbocycles. The standard InChI is InChI=1S/C24H31N3O2/c1-3-18(2)23(28)26-20-13-15-27(16-14-20)22-12-8-7-11-21(22)24(29)25-17-19-9-5-4-6-10-19/h4-12,18,20H,3,13-17H2,1-2H3,(H,25,29)(H,26,28). The third kappa shape index (κ3) is 5.59. The molecule has 2 amide bonds. The van der Waals surface area contributed by atoms with Gasteiger partial charge < -0.3 is 15.5 Å². The number of rotatable bonds is 7. The van der Waals surface area contributed by atoms with Gasteiger partial charge in [0.15, 0.2) is 0 Å². The largest absolute Gasteiger partial charge is 0.371 e. The summed E-state index contributed by atoms with van der Waals surface area (Å²) < 4.78 is 0. The molecule has 0 spiro atoms. The molecule has 2 N–H and O–H groups in total. The number of hydrogen-bond acceptors (Lipinski definition) is 3. The SMILES string of the molecule is CCC(C)C(=O)NC1CCN(c2ccccc2C(=O)NCc2ccccc2)CC1. The summed E-state index contributed by atoms with van der Waals surface area (Å²) in [7, 11) is 0. The summed E-state index contributed by atoms with van der Waals surface area (Å²) in [5.74, 6) is 0.144. The van der Waals surface area contributed by atoms with Crippen molar-refractivity contribution in [2.45, 2.75) is 45.7 Å². The lowest BCUT2D eigenvalue weighted by Gasteiger charge is -2.35. The molecule has 3 rings (SSSR count). The fraction of sp³-hybridized carbons (Fsp3) is 0.417. The number of nitrogens with zero attached hydrogens (tertiary/aromatic N) is 1. The molecule has 1 aliphatic rings. The normalized spacial score (nSPS) is 15.6. The molecule has 1 fully saturated rings. The highest BCUT2D eigenvalue weighted by Gasteiger charge is 2.24. The Balaban J connectivity index is 1.59. The van der Waals surface area contributed by atoms with Gasteiger partial charge in [-0.2, -0.15) is 0 Å². The molecule has 0 saturated carbocycles. The van der Waals surface area contributed by atoms with E-state index in [0.717, 1.165) is 43.6 Å². The summed E-state index contributed by atoms with van der Waals surface area (Å²) in [5.41, 5.74) is 2.74. The number of anilines is 1. The van der Waals surface area contributed by atoms with Crippen molar-refractivity contribution in [1.29, 1.82) is 0 Å². The molecule has 1 aliphatic heterocycles. The summed E-state index contributed by atoms with van der Waals surface area (Å²) in [5, 5.41) is 6.20. The minimum atomic E-state index is -0.0587. The van der Waals surface area contributed by atoms with Gasteiger partial charge in [0.1, 0.15) is 0 Å². The second-order valence-electron chi connectivity index (χ2n) is 7.76. The van der Waals surface area contributed by atoms with Crippen LogP contribution in [0, 0.1) is 5.92 Å². The van der Waals surface area contributed by atoms with Gasteiger partial charge in [-0.15, -0.1) is 0 Å². The van der Waals surface area contributed by atoms with Crippen LogP contribution in [0.15, 0.2) is 54.6 Å². The van der Waals surface area contributed by atoms with Crippen LogP contribution in [0.25, 0.3) is 0 Å². The number of nitrogens with one attached hydrogen (secondary N) is 2. The van der Waals surface area contributed by atoms with Crippen LogP contribution in [-0.4, -0.2) is 30.9 Å². The Bertz CT molecular complexity index is 814. The minimum Gasteiger partial charge on any atom is -0.371 e. The monoisotopic (exact) mass is 393 g/mol. The molecule has 1 atom stereocenters. The highest BCUT2D eigenvalue weighted by atomic mass is 16.2. The van der Waals surface area contributed by atoms with E-state index in [-0.39, 0.29) is 23.8 Å². The number of para-hydroxylation sites is 1. The van der Waals surface area contributed by atoms with Crippen molar-refractivity contribution < 1.29 is 9.59 Å². The molecule has 0 aliphatic carbocycles. The maximum Gasteiger partial charge on any atom is 0.253 e. The summed E-state index contributed by atoms with van der Waals surface area (Å²) in [6.07, 6.45) is 2.64. The van der Waals surface area contributed by atoms with Gasteiger partial charge in [-0.1, -0.05) is 56.3 Å². The highest BCUT2D eigenvalue weighted by Crippen LogP contribution is 2.24. The van der Waals surface area contributed by atoms with E-state index in [1.54, 1.807) is 0 Å². The van der Waals surface area contributed by atoms with Gasteiger partial charge in [-0.3, -0.25) is 9.59 Å². The lowest BCUT2D eigenvalue weighted by Crippen LogP contribution is -2.46. The zero-order valence-corrected chi connectivity index (χ0v) is 17.4. The van der Waals surface area contributed by atoms with Crippen molar-refractivity contribution >= 4 is 17.5 Å². The Kier molecular flexibility index (Phi) is 7.28. The van der Waals surface area contributed by atoms with Crippen LogP contribution in [0.1, 0.15) is 49.0 Å². The third-order valence-corrected chi connectivity index (χ3v) is 5.69. The second-order valence-corrected chi connectivity index (χ2v) is 7.76. The van der Waals surface area contributed by atoms with E-state index in [1.165, 1.54) is 0 Å². The maximum atomic E-state index is 12.8. The number of carbonyl (C=O) groups excluding carboxylic acids is 2. The van der Waals surface area contributed by atoms with Crippen molar-refractivity contribution in [3.05, 3.63) is 65.7 Å². The molecular weight excluding hydrogens is 362 g/mol. The fourth-order valence-corrected chi connectivity index (χ4v) is 3.61. The smallest absolute Gasteiger partial charge is 0.253 e. The van der Waals surface area contributed by atoms with Crippen LogP contribution in [0.4, 0.5) is 5.69 Å². The topological polar surface area (TPSA) is 61.4 Å². The summed E-state index contributed by atoms with van der Waals surface area (Å²) >= 11 is 0. The van der Waals surface area contributed by atoms with Crippen LogP contribution in [0.3, 0.4) is 0 Å². The summed E-state index contributed by atoms with van der Waals surface area (Å²) in [6.45, 7) is 6.17. The van der Waals surface area contributed by atoms with Gasteiger partial charge in [-0.05, 0) is 37.0 Å². The average Bonchev–Trinajstić information content (AvgIpc) is 2.78. The highest BCUT2D eigenvalue weighted by molar-refractivity contribution is 5.99. The van der Waals surface area contributed by atoms with Crippen LogP contribution in [0.2, 0.25) is 0 Å². The number of carbonyl (C=O) groups is 2. The van der Waals surface area contributed by atoms with Crippen molar-refractivity contribution in [2.75, 3.05) is 18.0 Å². The summed E-state index contributed by atoms with van der Waals surface area (Å²) in [4.78, 5) is 27.2. The number of benzene rings is 2. The quantitative estimate of drug-likeness (QED) is 0.753. The van der Waals surface area contributed by atoms with E-state index < -0.39 is 0 Å². The average molecular weight is 394 g/mol. The zero-order valence-electron chi connectivity index (χ0n) is 17.4. The Morgan fingerprint density at radius 2 is 1.69 bits per heavy atom. The number of piperidine rings is 1. The van der Waals surface area contributed by atoms with E-state index in [1.807, 2.05) is 68.4 Å². The summed E-state index contributed by atoms with van der Waals surface area (Å²) in [6, 6.07) is 17.9. The van der Waals surface area contributed by atoms with Gasteiger partial charge in [-0.25, -0.2) is 0 Å². The first-order chi connectivity index (χ1) is 14.1. The first kappa shape index (κ1) is 20.9. The Morgan fingerprint density at radius 1 is 1.03 bits per heavy atom. The second kappa shape index (κ2) is 10.1. The molecule has 1 saturated heterocycles. The van der Waals surface area contributed by atoms with Gasteiger partial charge in [0, 0.05) is 37.3 Å². The lowest BCUT2D eigenvalue weighted by atomic mass is 10.0.